The number of benzene rings is 2. The number of β-amino-alcohol motifs (C(OH)–C–C–N with tert-alkyl or cyclic N) is 1. The summed E-state index contributed by atoms with van der Waals surface area (Å²) >= 11 is 0. The van der Waals surface area contributed by atoms with Crippen LogP contribution in [0.25, 0.3) is 0 Å². The van der Waals surface area contributed by atoms with E-state index in [9.17, 15) is 9.90 Å². The van der Waals surface area contributed by atoms with Gasteiger partial charge < -0.3 is 10.0 Å². The van der Waals surface area contributed by atoms with Crippen molar-refractivity contribution in [1.29, 1.82) is 0 Å². The highest BCUT2D eigenvalue weighted by atomic mass is 16.3. The van der Waals surface area contributed by atoms with Gasteiger partial charge in [-0.05, 0) is 23.6 Å². The number of nitrogens with zero attached hydrogens (tertiary/aromatic N) is 1. The fourth-order valence-corrected chi connectivity index (χ4v) is 2.66. The monoisotopic (exact) mass is 267 g/mol. The molecule has 3 nitrogen and oxygen atoms in total. The molecular weight excluding hydrogens is 250 g/mol. The van der Waals surface area contributed by atoms with Crippen LogP contribution in [0.5, 0.6) is 0 Å². The summed E-state index contributed by atoms with van der Waals surface area (Å²) < 4.78 is 0. The van der Waals surface area contributed by atoms with Gasteiger partial charge in [0.25, 0.3) is 0 Å². The lowest BCUT2D eigenvalue weighted by molar-refractivity contribution is -0.117. The van der Waals surface area contributed by atoms with E-state index in [1.54, 1.807) is 4.90 Å². The minimum Gasteiger partial charge on any atom is -0.391 e. The molecule has 1 heterocycles. The number of carbonyl (C=O) groups excluding carboxylic acids is 1. The summed E-state index contributed by atoms with van der Waals surface area (Å²) in [4.78, 5) is 13.7. The van der Waals surface area contributed by atoms with Crippen LogP contribution >= 0.6 is 0 Å². The van der Waals surface area contributed by atoms with Crippen molar-refractivity contribution in [1.82, 2.24) is 0 Å². The molecule has 0 radical (unpaired) electrons. The Hall–Kier alpha value is -2.13. The zero-order chi connectivity index (χ0) is 13.9. The van der Waals surface area contributed by atoms with Crippen LogP contribution in [0, 0.1) is 0 Å². The van der Waals surface area contributed by atoms with Crippen LogP contribution in [0.4, 0.5) is 5.69 Å². The highest BCUT2D eigenvalue weighted by Gasteiger charge is 2.30. The minimum atomic E-state index is -0.549. The smallest absolute Gasteiger partial charge is 0.229 e. The fourth-order valence-electron chi connectivity index (χ4n) is 2.66. The predicted molar refractivity (Wildman–Crippen MR) is 78.7 cm³/mol. The van der Waals surface area contributed by atoms with Crippen LogP contribution in [-0.4, -0.2) is 23.7 Å². The number of anilines is 1. The van der Waals surface area contributed by atoms with Crippen molar-refractivity contribution in [2.24, 2.45) is 0 Å². The van der Waals surface area contributed by atoms with Crippen molar-refractivity contribution in [3.8, 4) is 0 Å². The van der Waals surface area contributed by atoms with Gasteiger partial charge in [0.1, 0.15) is 0 Å². The highest BCUT2D eigenvalue weighted by Crippen LogP contribution is 2.27. The number of carbonyl (C=O) groups is 1. The van der Waals surface area contributed by atoms with Crippen LogP contribution in [0.3, 0.4) is 0 Å². The van der Waals surface area contributed by atoms with Gasteiger partial charge in [-0.1, -0.05) is 48.5 Å². The average molecular weight is 267 g/mol. The Morgan fingerprint density at radius 3 is 2.45 bits per heavy atom. The molecule has 3 heteroatoms. The van der Waals surface area contributed by atoms with E-state index in [-0.39, 0.29) is 12.3 Å². The van der Waals surface area contributed by atoms with Gasteiger partial charge in [-0.2, -0.15) is 0 Å². The van der Waals surface area contributed by atoms with E-state index >= 15 is 0 Å². The van der Waals surface area contributed by atoms with E-state index in [0.29, 0.717) is 6.54 Å². The van der Waals surface area contributed by atoms with E-state index in [1.165, 1.54) is 5.56 Å². The van der Waals surface area contributed by atoms with Crippen molar-refractivity contribution in [2.75, 3.05) is 11.4 Å². The molecule has 0 aliphatic carbocycles. The van der Waals surface area contributed by atoms with Crippen LogP contribution < -0.4 is 4.90 Å². The van der Waals surface area contributed by atoms with E-state index in [1.807, 2.05) is 42.5 Å². The molecule has 1 unspecified atom stereocenters. The molecule has 1 saturated heterocycles. The van der Waals surface area contributed by atoms with E-state index in [2.05, 4.69) is 12.1 Å². The molecule has 3 rings (SSSR count). The zero-order valence-corrected chi connectivity index (χ0v) is 11.2. The molecule has 0 aromatic heterocycles. The van der Waals surface area contributed by atoms with Crippen molar-refractivity contribution in [3.63, 3.8) is 0 Å². The van der Waals surface area contributed by atoms with Crippen molar-refractivity contribution < 1.29 is 9.90 Å². The average Bonchev–Trinajstić information content (AvgIpc) is 2.79. The zero-order valence-electron chi connectivity index (χ0n) is 11.2. The Morgan fingerprint density at radius 2 is 1.75 bits per heavy atom. The largest absolute Gasteiger partial charge is 0.391 e. The number of hydrogen-bond donors (Lipinski definition) is 1. The second-order valence-electron chi connectivity index (χ2n) is 5.15. The molecule has 1 fully saturated rings. The molecular formula is C17H17NO2. The number of aliphatic hydroxyl groups excluding tert-OH is 1. The van der Waals surface area contributed by atoms with E-state index in [0.717, 1.165) is 17.7 Å². The summed E-state index contributed by atoms with van der Waals surface area (Å²) in [6.45, 7) is 0.393. The van der Waals surface area contributed by atoms with Gasteiger partial charge >= 0.3 is 0 Å². The normalized spacial score (nSPS) is 18.6. The van der Waals surface area contributed by atoms with Crippen molar-refractivity contribution in [3.05, 3.63) is 65.7 Å². The fraction of sp³-hybridized carbons (Fsp3) is 0.235. The lowest BCUT2D eigenvalue weighted by Crippen LogP contribution is -2.26. The Kier molecular flexibility index (Phi) is 3.52. The number of hydrogen-bond acceptors (Lipinski definition) is 2. The summed E-state index contributed by atoms with van der Waals surface area (Å²) in [6.07, 6.45) is 0.462. The number of rotatable bonds is 3. The van der Waals surface area contributed by atoms with Crippen LogP contribution in [0.2, 0.25) is 0 Å². The standard InChI is InChI=1S/C17H17NO2/c19-15-11-17(20)18(12-15)16-9-5-4-8-14(16)10-13-6-2-1-3-7-13/h1-9,15,19H,10-12H2. The van der Waals surface area contributed by atoms with Crippen LogP contribution in [-0.2, 0) is 11.2 Å². The summed E-state index contributed by atoms with van der Waals surface area (Å²) in [6, 6.07) is 18.1. The van der Waals surface area contributed by atoms with Gasteiger partial charge in [0, 0.05) is 5.69 Å². The van der Waals surface area contributed by atoms with Crippen LogP contribution in [0.15, 0.2) is 54.6 Å². The molecule has 2 aromatic rings. The summed E-state index contributed by atoms with van der Waals surface area (Å²) in [7, 11) is 0. The topological polar surface area (TPSA) is 40.5 Å². The lowest BCUT2D eigenvalue weighted by atomic mass is 10.0. The second kappa shape index (κ2) is 5.47. The molecule has 0 bridgehead atoms. The number of para-hydroxylation sites is 1. The molecule has 102 valence electrons. The van der Waals surface area contributed by atoms with Crippen molar-refractivity contribution in [2.45, 2.75) is 18.9 Å². The third kappa shape index (κ3) is 2.58. The third-order valence-corrected chi connectivity index (χ3v) is 3.62. The SMILES string of the molecule is O=C1CC(O)CN1c1ccccc1Cc1ccccc1. The van der Waals surface area contributed by atoms with Gasteiger partial charge in [-0.25, -0.2) is 0 Å². The van der Waals surface area contributed by atoms with Crippen molar-refractivity contribution >= 4 is 11.6 Å². The van der Waals surface area contributed by atoms with E-state index in [4.69, 9.17) is 0 Å². The lowest BCUT2D eigenvalue weighted by Gasteiger charge is -2.20. The predicted octanol–water partition coefficient (Wildman–Crippen LogP) is 2.38. The van der Waals surface area contributed by atoms with Gasteiger partial charge in [0.15, 0.2) is 0 Å². The molecule has 1 aliphatic rings. The first-order valence-electron chi connectivity index (χ1n) is 6.84. The Morgan fingerprint density at radius 1 is 1.05 bits per heavy atom. The molecule has 20 heavy (non-hydrogen) atoms. The maximum absolute atomic E-state index is 12.0. The summed E-state index contributed by atoms with van der Waals surface area (Å²) in [5.41, 5.74) is 3.24. The first kappa shape index (κ1) is 12.9. The molecule has 1 amide bonds. The Labute approximate surface area is 118 Å². The summed E-state index contributed by atoms with van der Waals surface area (Å²) in [5.74, 6) is -0.00184. The van der Waals surface area contributed by atoms with Gasteiger partial charge in [-0.3, -0.25) is 4.79 Å². The third-order valence-electron chi connectivity index (χ3n) is 3.62. The molecule has 0 spiro atoms. The number of aliphatic hydroxyl groups is 1. The molecule has 0 saturated carbocycles. The number of amides is 1. The molecule has 1 aliphatic heterocycles. The Bertz CT molecular complexity index is 609. The molecule has 1 atom stereocenters. The summed E-state index contributed by atoms with van der Waals surface area (Å²) in [5, 5.41) is 9.65. The maximum Gasteiger partial charge on any atom is 0.229 e. The van der Waals surface area contributed by atoms with Gasteiger partial charge in [0.2, 0.25) is 5.91 Å². The highest BCUT2D eigenvalue weighted by molar-refractivity contribution is 5.96. The van der Waals surface area contributed by atoms with E-state index < -0.39 is 6.10 Å². The Balaban J connectivity index is 1.91. The molecule has 1 N–H and O–H groups in total. The first-order chi connectivity index (χ1) is 9.74. The van der Waals surface area contributed by atoms with Crippen LogP contribution in [0.1, 0.15) is 17.5 Å². The first-order valence-corrected chi connectivity index (χ1v) is 6.84. The van der Waals surface area contributed by atoms with Gasteiger partial charge in [-0.15, -0.1) is 0 Å². The maximum atomic E-state index is 12.0. The minimum absolute atomic E-state index is 0.00184. The van der Waals surface area contributed by atoms with Gasteiger partial charge in [0.05, 0.1) is 19.1 Å². The quantitative estimate of drug-likeness (QED) is 0.927. The molecule has 2 aromatic carbocycles. The second-order valence-corrected chi connectivity index (χ2v) is 5.15.